The quantitative estimate of drug-likeness (QED) is 0.645. The Morgan fingerprint density at radius 1 is 1.00 bits per heavy atom. The first kappa shape index (κ1) is 9.13. The third-order valence-corrected chi connectivity index (χ3v) is 2.53. The molecule has 0 saturated heterocycles. The molecule has 14 heavy (non-hydrogen) atoms. The second-order valence-electron chi connectivity index (χ2n) is 3.37. The van der Waals surface area contributed by atoms with Gasteiger partial charge >= 0.3 is 0 Å². The molecule has 0 unspecified atom stereocenters. The van der Waals surface area contributed by atoms with Crippen LogP contribution in [0.1, 0.15) is 0 Å². The van der Waals surface area contributed by atoms with Crippen molar-refractivity contribution in [3.63, 3.8) is 0 Å². The molecule has 0 bridgehead atoms. The van der Waals surface area contributed by atoms with Crippen LogP contribution in [0.5, 0.6) is 0 Å². The van der Waals surface area contributed by atoms with Crippen molar-refractivity contribution in [2.24, 2.45) is 0 Å². The van der Waals surface area contributed by atoms with E-state index in [1.807, 2.05) is 6.82 Å². The molecule has 0 amide bonds. The van der Waals surface area contributed by atoms with Gasteiger partial charge in [0.15, 0.2) is 0 Å². The highest BCUT2D eigenvalue weighted by atomic mass is 15.0. The Balaban J connectivity index is 2.65. The highest BCUT2D eigenvalue weighted by Gasteiger charge is 2.02. The average Bonchev–Trinajstić information content (AvgIpc) is 2.27. The standard InChI is InChI=1S/C12H13BN/c1-13-14(2)12-9-5-7-10-6-3-4-8-11(10)12/h3-9H,1-2H3. The summed E-state index contributed by atoms with van der Waals surface area (Å²) in [5.74, 6) is 0. The van der Waals surface area contributed by atoms with Crippen LogP contribution in [-0.2, 0) is 0 Å². The zero-order valence-electron chi connectivity index (χ0n) is 8.57. The number of benzene rings is 2. The summed E-state index contributed by atoms with van der Waals surface area (Å²) in [5, 5.41) is 2.59. The molecule has 2 heteroatoms. The Kier molecular flexibility index (Phi) is 2.44. The van der Waals surface area contributed by atoms with Gasteiger partial charge in [0, 0.05) is 11.1 Å². The summed E-state index contributed by atoms with van der Waals surface area (Å²) in [7, 11) is 4.14. The Bertz CT molecular complexity index is 434. The highest BCUT2D eigenvalue weighted by molar-refractivity contribution is 6.40. The lowest BCUT2D eigenvalue weighted by atomic mass is 9.94. The molecule has 1 radical (unpaired) electrons. The maximum atomic E-state index is 2.16. The highest BCUT2D eigenvalue weighted by Crippen LogP contribution is 2.24. The summed E-state index contributed by atoms with van der Waals surface area (Å²) in [6.45, 7) is 2.04. The number of fused-ring (bicyclic) bond motifs is 1. The van der Waals surface area contributed by atoms with Gasteiger partial charge in [0.25, 0.3) is 0 Å². The zero-order valence-corrected chi connectivity index (χ0v) is 8.57. The van der Waals surface area contributed by atoms with Crippen LogP contribution in [0, 0.1) is 0 Å². The molecule has 0 aliphatic heterocycles. The van der Waals surface area contributed by atoms with Crippen LogP contribution in [-0.4, -0.2) is 14.5 Å². The Labute approximate surface area is 85.6 Å². The van der Waals surface area contributed by atoms with Crippen molar-refractivity contribution >= 4 is 23.9 Å². The maximum absolute atomic E-state index is 2.16. The van der Waals surface area contributed by atoms with E-state index in [-0.39, 0.29) is 0 Å². The minimum atomic E-state index is 1.26. The molecule has 0 aliphatic carbocycles. The van der Waals surface area contributed by atoms with Crippen molar-refractivity contribution < 1.29 is 0 Å². The Morgan fingerprint density at radius 3 is 2.50 bits per heavy atom. The van der Waals surface area contributed by atoms with Crippen molar-refractivity contribution in [1.29, 1.82) is 0 Å². The number of rotatable bonds is 2. The fourth-order valence-corrected chi connectivity index (χ4v) is 1.65. The van der Waals surface area contributed by atoms with Crippen LogP contribution < -0.4 is 4.81 Å². The molecule has 0 spiro atoms. The lowest BCUT2D eigenvalue weighted by Crippen LogP contribution is -2.19. The normalized spacial score (nSPS) is 10.1. The molecule has 2 aromatic carbocycles. The minimum Gasteiger partial charge on any atom is -0.422 e. The summed E-state index contributed by atoms with van der Waals surface area (Å²) < 4.78 is 0. The van der Waals surface area contributed by atoms with Crippen molar-refractivity contribution in [3.05, 3.63) is 42.5 Å². The molecule has 1 nitrogen and oxygen atoms in total. The van der Waals surface area contributed by atoms with E-state index >= 15 is 0 Å². The van der Waals surface area contributed by atoms with Crippen LogP contribution in [0.2, 0.25) is 6.82 Å². The van der Waals surface area contributed by atoms with Crippen molar-refractivity contribution in [3.8, 4) is 0 Å². The van der Waals surface area contributed by atoms with Crippen LogP contribution >= 0.6 is 0 Å². The maximum Gasteiger partial charge on any atom is 0.242 e. The second kappa shape index (κ2) is 3.75. The molecule has 0 heterocycles. The smallest absolute Gasteiger partial charge is 0.242 e. The topological polar surface area (TPSA) is 3.24 Å². The van der Waals surface area contributed by atoms with E-state index in [0.29, 0.717) is 0 Å². The van der Waals surface area contributed by atoms with Crippen LogP contribution in [0.4, 0.5) is 5.69 Å². The van der Waals surface area contributed by atoms with E-state index in [1.54, 1.807) is 0 Å². The molecule has 2 aromatic rings. The van der Waals surface area contributed by atoms with E-state index in [4.69, 9.17) is 0 Å². The molecule has 2 rings (SSSR count). The number of anilines is 1. The van der Waals surface area contributed by atoms with Crippen LogP contribution in [0.3, 0.4) is 0 Å². The van der Waals surface area contributed by atoms with Gasteiger partial charge in [-0.25, -0.2) is 0 Å². The molecule has 0 atom stereocenters. The third-order valence-electron chi connectivity index (χ3n) is 2.53. The fourth-order valence-electron chi connectivity index (χ4n) is 1.65. The largest absolute Gasteiger partial charge is 0.422 e. The van der Waals surface area contributed by atoms with E-state index in [1.165, 1.54) is 16.5 Å². The lowest BCUT2D eigenvalue weighted by molar-refractivity contribution is 1.34. The fraction of sp³-hybridized carbons (Fsp3) is 0.167. The average molecular weight is 182 g/mol. The van der Waals surface area contributed by atoms with Crippen LogP contribution in [0.15, 0.2) is 42.5 Å². The van der Waals surface area contributed by atoms with Gasteiger partial charge in [0.05, 0.1) is 0 Å². The lowest BCUT2D eigenvalue weighted by Gasteiger charge is -2.18. The van der Waals surface area contributed by atoms with Gasteiger partial charge in [-0.05, 0) is 18.5 Å². The van der Waals surface area contributed by atoms with Crippen molar-refractivity contribution in [2.75, 3.05) is 11.9 Å². The SMILES string of the molecule is C[B]N(C)c1cccc2ccccc12. The first-order chi connectivity index (χ1) is 6.83. The second-order valence-corrected chi connectivity index (χ2v) is 3.37. The van der Waals surface area contributed by atoms with Crippen molar-refractivity contribution in [1.82, 2.24) is 0 Å². The predicted molar refractivity (Wildman–Crippen MR) is 64.0 cm³/mol. The van der Waals surface area contributed by atoms with Crippen LogP contribution in [0.25, 0.3) is 10.8 Å². The number of nitrogens with zero attached hydrogens (tertiary/aromatic N) is 1. The summed E-state index contributed by atoms with van der Waals surface area (Å²) in [5.41, 5.74) is 1.26. The van der Waals surface area contributed by atoms with Gasteiger partial charge < -0.3 is 4.81 Å². The number of hydrogen-bond acceptors (Lipinski definition) is 1. The van der Waals surface area contributed by atoms with Crippen molar-refractivity contribution in [2.45, 2.75) is 6.82 Å². The van der Waals surface area contributed by atoms with E-state index < -0.39 is 0 Å². The first-order valence-electron chi connectivity index (χ1n) is 4.83. The van der Waals surface area contributed by atoms with Gasteiger partial charge in [-0.3, -0.25) is 0 Å². The molecule has 0 N–H and O–H groups in total. The molecule has 0 fully saturated rings. The molecule has 69 valence electrons. The summed E-state index contributed by atoms with van der Waals surface area (Å²) in [4.78, 5) is 2.14. The zero-order chi connectivity index (χ0) is 9.97. The monoisotopic (exact) mass is 182 g/mol. The van der Waals surface area contributed by atoms with E-state index in [2.05, 4.69) is 61.7 Å². The molecule has 0 saturated carbocycles. The molecule has 0 aromatic heterocycles. The third kappa shape index (κ3) is 1.48. The molecular formula is C12H13BN. The minimum absolute atomic E-state index is 1.26. The van der Waals surface area contributed by atoms with Gasteiger partial charge in [-0.1, -0.05) is 43.2 Å². The van der Waals surface area contributed by atoms with Gasteiger partial charge in [0.1, 0.15) is 0 Å². The first-order valence-corrected chi connectivity index (χ1v) is 4.83. The molecular weight excluding hydrogens is 169 g/mol. The molecule has 0 aliphatic rings. The van der Waals surface area contributed by atoms with E-state index in [0.717, 1.165) is 0 Å². The summed E-state index contributed by atoms with van der Waals surface area (Å²) >= 11 is 0. The van der Waals surface area contributed by atoms with Gasteiger partial charge in [-0.15, -0.1) is 0 Å². The Hall–Kier alpha value is -1.44. The number of hydrogen-bond donors (Lipinski definition) is 0. The Morgan fingerprint density at radius 2 is 1.71 bits per heavy atom. The van der Waals surface area contributed by atoms with Gasteiger partial charge in [0.2, 0.25) is 7.41 Å². The van der Waals surface area contributed by atoms with Gasteiger partial charge in [-0.2, -0.15) is 0 Å². The van der Waals surface area contributed by atoms with E-state index in [9.17, 15) is 0 Å². The summed E-state index contributed by atoms with van der Waals surface area (Å²) in [6.07, 6.45) is 0. The predicted octanol–water partition coefficient (Wildman–Crippen LogP) is 2.94. The summed E-state index contributed by atoms with van der Waals surface area (Å²) in [6, 6.07) is 14.8.